The lowest BCUT2D eigenvalue weighted by atomic mass is 10.6. The lowest BCUT2D eigenvalue weighted by Crippen LogP contribution is -2.28. The second-order valence-corrected chi connectivity index (χ2v) is 2.26. The minimum absolute atomic E-state index is 0.539. The largest absolute Gasteiger partial charge is 0.386 e. The van der Waals surface area contributed by atoms with Crippen LogP contribution in [-0.4, -0.2) is 32.1 Å². The van der Waals surface area contributed by atoms with Crippen molar-refractivity contribution in [3.63, 3.8) is 0 Å². The number of nitrogens with one attached hydrogen (secondary N) is 1. The molecule has 0 aliphatic heterocycles. The number of likely N-dealkylation sites (N-methyl/N-ethyl adjacent to an activating group) is 1. The number of nitrogens with zero attached hydrogens (tertiary/aromatic N) is 1. The number of hydrogen-bond donors (Lipinski definition) is 2. The first-order valence-electron chi connectivity index (χ1n) is 2.96. The third-order valence-electron chi connectivity index (χ3n) is 0.911. The Morgan fingerprint density at radius 1 is 1.67 bits per heavy atom. The van der Waals surface area contributed by atoms with Crippen molar-refractivity contribution in [3.05, 3.63) is 12.4 Å². The molecule has 0 aromatic carbocycles. The predicted octanol–water partition coefficient (Wildman–Crippen LogP) is -0.432. The van der Waals surface area contributed by atoms with E-state index in [1.807, 2.05) is 14.1 Å². The van der Waals surface area contributed by atoms with Gasteiger partial charge in [-0.05, 0) is 14.1 Å². The smallest absolute Gasteiger partial charge is 0.0886 e. The monoisotopic (exact) mass is 129 g/mol. The molecule has 54 valence electrons. The van der Waals surface area contributed by atoms with Gasteiger partial charge in [0.05, 0.1) is 5.82 Å². The van der Waals surface area contributed by atoms with E-state index in [0.717, 1.165) is 13.1 Å². The minimum Gasteiger partial charge on any atom is -0.386 e. The molecule has 3 N–H and O–H groups in total. The van der Waals surface area contributed by atoms with Gasteiger partial charge in [0.15, 0.2) is 0 Å². The van der Waals surface area contributed by atoms with E-state index in [-0.39, 0.29) is 0 Å². The van der Waals surface area contributed by atoms with E-state index in [9.17, 15) is 0 Å². The van der Waals surface area contributed by atoms with Crippen LogP contribution in [0.15, 0.2) is 12.4 Å². The summed E-state index contributed by atoms with van der Waals surface area (Å²) in [5.41, 5.74) is 5.25. The van der Waals surface area contributed by atoms with Gasteiger partial charge in [-0.3, -0.25) is 0 Å². The summed E-state index contributed by atoms with van der Waals surface area (Å²) in [5.74, 6) is 0.539. The molecular weight excluding hydrogens is 114 g/mol. The van der Waals surface area contributed by atoms with Crippen molar-refractivity contribution >= 4 is 0 Å². The van der Waals surface area contributed by atoms with Crippen LogP contribution in [0.3, 0.4) is 0 Å². The van der Waals surface area contributed by atoms with E-state index < -0.39 is 0 Å². The molecule has 0 aliphatic carbocycles. The number of hydrogen-bond acceptors (Lipinski definition) is 3. The maximum atomic E-state index is 5.25. The Balaban J connectivity index is 3.01. The summed E-state index contributed by atoms with van der Waals surface area (Å²) < 4.78 is 0. The summed E-state index contributed by atoms with van der Waals surface area (Å²) in [4.78, 5) is 2.08. The fourth-order valence-corrected chi connectivity index (χ4v) is 0.440. The average Bonchev–Trinajstić information content (AvgIpc) is 1.63. The van der Waals surface area contributed by atoms with Crippen LogP contribution in [-0.2, 0) is 0 Å². The molecule has 0 atom stereocenters. The predicted molar refractivity (Wildman–Crippen MR) is 39.9 cm³/mol. The van der Waals surface area contributed by atoms with Crippen LogP contribution in [0.1, 0.15) is 0 Å². The van der Waals surface area contributed by atoms with Crippen molar-refractivity contribution in [1.82, 2.24) is 10.2 Å². The first-order valence-corrected chi connectivity index (χ1v) is 2.96. The van der Waals surface area contributed by atoms with Gasteiger partial charge in [-0.2, -0.15) is 0 Å². The van der Waals surface area contributed by atoms with Crippen molar-refractivity contribution in [3.8, 4) is 0 Å². The Morgan fingerprint density at radius 3 is 2.56 bits per heavy atom. The summed E-state index contributed by atoms with van der Waals surface area (Å²) >= 11 is 0. The average molecular weight is 129 g/mol. The Hall–Kier alpha value is -0.700. The van der Waals surface area contributed by atoms with Gasteiger partial charge >= 0.3 is 0 Å². The van der Waals surface area contributed by atoms with E-state index in [4.69, 9.17) is 5.73 Å². The zero-order chi connectivity index (χ0) is 7.28. The van der Waals surface area contributed by atoms with Gasteiger partial charge in [-0.25, -0.2) is 0 Å². The summed E-state index contributed by atoms with van der Waals surface area (Å²) in [6.45, 7) is 5.35. The first-order chi connectivity index (χ1) is 4.13. The Labute approximate surface area is 56.5 Å². The van der Waals surface area contributed by atoms with Crippen LogP contribution in [0.4, 0.5) is 0 Å². The van der Waals surface area contributed by atoms with E-state index in [1.54, 1.807) is 0 Å². The highest BCUT2D eigenvalue weighted by atomic mass is 15.1. The quantitative estimate of drug-likeness (QED) is 0.541. The Bertz CT molecular complexity index is 88.3. The molecule has 0 saturated carbocycles. The summed E-state index contributed by atoms with van der Waals surface area (Å²) in [6, 6.07) is 0. The van der Waals surface area contributed by atoms with Crippen molar-refractivity contribution < 1.29 is 0 Å². The molecule has 3 nitrogen and oxygen atoms in total. The molecule has 9 heavy (non-hydrogen) atoms. The molecule has 0 radical (unpaired) electrons. The maximum absolute atomic E-state index is 5.25. The highest BCUT2D eigenvalue weighted by Gasteiger charge is 1.87. The molecule has 0 bridgehead atoms. The molecular formula is C6H15N3. The van der Waals surface area contributed by atoms with Crippen LogP contribution in [0.5, 0.6) is 0 Å². The van der Waals surface area contributed by atoms with Crippen molar-refractivity contribution in [1.29, 1.82) is 0 Å². The third-order valence-corrected chi connectivity index (χ3v) is 0.911. The van der Waals surface area contributed by atoms with Gasteiger partial charge in [0.2, 0.25) is 0 Å². The lowest BCUT2D eigenvalue weighted by Gasteiger charge is -2.09. The third kappa shape index (κ3) is 7.30. The van der Waals surface area contributed by atoms with Crippen LogP contribution in [0.25, 0.3) is 0 Å². The summed E-state index contributed by atoms with van der Waals surface area (Å²) in [5, 5.41) is 2.92. The molecule has 0 aliphatic rings. The van der Waals surface area contributed by atoms with Crippen LogP contribution >= 0.6 is 0 Å². The minimum atomic E-state index is 0.539. The molecule has 0 saturated heterocycles. The fraction of sp³-hybridized carbons (Fsp3) is 0.667. The second kappa shape index (κ2) is 4.21. The topological polar surface area (TPSA) is 41.3 Å². The van der Waals surface area contributed by atoms with E-state index in [1.165, 1.54) is 0 Å². The molecule has 0 amide bonds. The fourth-order valence-electron chi connectivity index (χ4n) is 0.440. The van der Waals surface area contributed by atoms with Crippen LogP contribution in [0, 0.1) is 0 Å². The molecule has 0 aromatic rings. The number of rotatable bonds is 4. The van der Waals surface area contributed by atoms with E-state index in [2.05, 4.69) is 16.8 Å². The standard InChI is InChI=1S/C6H15N3/c1-6(7)8-4-5-9(2)3/h8H,1,4-5,7H2,2-3H3. The number of nitrogens with two attached hydrogens (primary N) is 1. The second-order valence-electron chi connectivity index (χ2n) is 2.26. The SMILES string of the molecule is C=C(N)NCCN(C)C. The molecule has 0 fully saturated rings. The summed E-state index contributed by atoms with van der Waals surface area (Å²) in [7, 11) is 4.03. The molecule has 0 spiro atoms. The zero-order valence-corrected chi connectivity index (χ0v) is 6.15. The first kappa shape index (κ1) is 8.30. The molecule has 0 unspecified atom stereocenters. The zero-order valence-electron chi connectivity index (χ0n) is 6.15. The van der Waals surface area contributed by atoms with Crippen LogP contribution in [0.2, 0.25) is 0 Å². The molecule has 0 aromatic heterocycles. The summed E-state index contributed by atoms with van der Waals surface area (Å²) in [6.07, 6.45) is 0. The highest BCUT2D eigenvalue weighted by molar-refractivity contribution is 4.81. The molecule has 0 rings (SSSR count). The van der Waals surface area contributed by atoms with Crippen molar-refractivity contribution in [2.75, 3.05) is 27.2 Å². The van der Waals surface area contributed by atoms with E-state index >= 15 is 0 Å². The van der Waals surface area contributed by atoms with Crippen molar-refractivity contribution in [2.45, 2.75) is 0 Å². The Morgan fingerprint density at radius 2 is 2.22 bits per heavy atom. The molecule has 0 heterocycles. The van der Waals surface area contributed by atoms with Gasteiger partial charge in [0, 0.05) is 13.1 Å². The van der Waals surface area contributed by atoms with Crippen LogP contribution < -0.4 is 11.1 Å². The Kier molecular flexibility index (Phi) is 3.88. The van der Waals surface area contributed by atoms with Gasteiger partial charge < -0.3 is 16.0 Å². The van der Waals surface area contributed by atoms with E-state index in [0.29, 0.717) is 5.82 Å². The normalized spacial score (nSPS) is 9.67. The highest BCUT2D eigenvalue weighted by Crippen LogP contribution is 1.71. The van der Waals surface area contributed by atoms with Gasteiger partial charge in [-0.15, -0.1) is 0 Å². The lowest BCUT2D eigenvalue weighted by molar-refractivity contribution is 0.407. The van der Waals surface area contributed by atoms with Gasteiger partial charge in [0.25, 0.3) is 0 Å². The maximum Gasteiger partial charge on any atom is 0.0886 e. The van der Waals surface area contributed by atoms with Gasteiger partial charge in [-0.1, -0.05) is 6.58 Å². The van der Waals surface area contributed by atoms with Gasteiger partial charge in [0.1, 0.15) is 0 Å². The molecule has 3 heteroatoms. The van der Waals surface area contributed by atoms with Crippen molar-refractivity contribution in [2.24, 2.45) is 5.73 Å².